The molecule has 0 saturated carbocycles. The van der Waals surface area contributed by atoms with Crippen LogP contribution in [0.2, 0.25) is 0 Å². The van der Waals surface area contributed by atoms with Gasteiger partial charge in [-0.2, -0.15) is 0 Å². The Kier molecular flexibility index (Phi) is 6.07. The maximum atomic E-state index is 14.5. The van der Waals surface area contributed by atoms with Gasteiger partial charge in [0.15, 0.2) is 0 Å². The van der Waals surface area contributed by atoms with Crippen LogP contribution in [0.15, 0.2) is 91.3 Å². The molecule has 0 bridgehead atoms. The fraction of sp³-hybridized carbons (Fsp3) is 0.0800. The quantitative estimate of drug-likeness (QED) is 0.480. The van der Waals surface area contributed by atoms with Crippen LogP contribution >= 0.6 is 0 Å². The number of rotatable bonds is 6. The third-order valence-electron chi connectivity index (χ3n) is 5.05. The molecule has 0 fully saturated rings. The molecule has 7 heteroatoms. The van der Waals surface area contributed by atoms with E-state index in [2.05, 4.69) is 15.6 Å². The number of halogens is 1. The lowest BCUT2D eigenvalue weighted by Crippen LogP contribution is -2.31. The number of aryl methyl sites for hydroxylation is 1. The zero-order chi connectivity index (χ0) is 22.5. The van der Waals surface area contributed by atoms with E-state index >= 15 is 0 Å². The van der Waals surface area contributed by atoms with Gasteiger partial charge in [0.05, 0.1) is 0 Å². The average Bonchev–Trinajstić information content (AvgIpc) is 3.24. The van der Waals surface area contributed by atoms with Gasteiger partial charge in [-0.3, -0.25) is 9.59 Å². The highest BCUT2D eigenvalue weighted by Crippen LogP contribution is 2.24. The first kappa shape index (κ1) is 21.0. The van der Waals surface area contributed by atoms with Crippen molar-refractivity contribution in [3.8, 4) is 0 Å². The Morgan fingerprint density at radius 3 is 2.19 bits per heavy atom. The molecule has 0 aliphatic heterocycles. The molecule has 1 unspecified atom stereocenters. The smallest absolute Gasteiger partial charge is 0.255 e. The van der Waals surface area contributed by atoms with E-state index in [-0.39, 0.29) is 11.8 Å². The van der Waals surface area contributed by atoms with Crippen molar-refractivity contribution in [3.05, 3.63) is 120 Å². The van der Waals surface area contributed by atoms with Crippen molar-refractivity contribution in [1.82, 2.24) is 14.9 Å². The number of amides is 2. The molecule has 2 amide bonds. The molecule has 1 atom stereocenters. The first-order valence-corrected chi connectivity index (χ1v) is 10.0. The predicted molar refractivity (Wildman–Crippen MR) is 120 cm³/mol. The topological polar surface area (TPSA) is 76.0 Å². The number of hydrogen-bond acceptors (Lipinski definition) is 3. The molecular weight excluding hydrogens is 407 g/mol. The Labute approximate surface area is 184 Å². The Balaban J connectivity index is 1.52. The fourth-order valence-electron chi connectivity index (χ4n) is 3.36. The molecule has 0 aliphatic rings. The molecule has 1 aromatic heterocycles. The Morgan fingerprint density at radius 1 is 0.875 bits per heavy atom. The molecule has 3 aromatic carbocycles. The summed E-state index contributed by atoms with van der Waals surface area (Å²) in [5, 5.41) is 5.66. The van der Waals surface area contributed by atoms with Crippen LogP contribution < -0.4 is 10.6 Å². The van der Waals surface area contributed by atoms with Crippen LogP contribution in [0.5, 0.6) is 0 Å². The minimum atomic E-state index is -0.763. The minimum absolute atomic E-state index is 0.239. The average molecular weight is 428 g/mol. The molecule has 1 heterocycles. The monoisotopic (exact) mass is 428 g/mol. The number of carbonyl (C=O) groups is 2. The van der Waals surface area contributed by atoms with Crippen LogP contribution in [0.1, 0.15) is 38.1 Å². The first-order valence-electron chi connectivity index (χ1n) is 10.0. The number of carbonyl (C=O) groups excluding carboxylic acids is 2. The Morgan fingerprint density at radius 2 is 1.53 bits per heavy atom. The lowest BCUT2D eigenvalue weighted by molar-refractivity contribution is 0.0940. The first-order chi connectivity index (χ1) is 15.5. The molecule has 160 valence electrons. The summed E-state index contributed by atoms with van der Waals surface area (Å²) in [7, 11) is 1.78. The second kappa shape index (κ2) is 9.26. The van der Waals surface area contributed by atoms with Gasteiger partial charge in [-0.1, -0.05) is 36.4 Å². The molecule has 0 aliphatic carbocycles. The SMILES string of the molecule is Cn1ccnc1C(NC(=O)c1ccc(NC(=O)c2ccccc2)cc1)c1ccccc1F. The van der Waals surface area contributed by atoms with E-state index < -0.39 is 11.9 Å². The summed E-state index contributed by atoms with van der Waals surface area (Å²) in [4.78, 5) is 29.5. The van der Waals surface area contributed by atoms with Gasteiger partial charge in [-0.05, 0) is 42.5 Å². The van der Waals surface area contributed by atoms with E-state index in [9.17, 15) is 14.0 Å². The number of aromatic nitrogens is 2. The van der Waals surface area contributed by atoms with E-state index in [1.54, 1.807) is 90.7 Å². The van der Waals surface area contributed by atoms with Crippen molar-refractivity contribution in [2.24, 2.45) is 7.05 Å². The fourth-order valence-corrected chi connectivity index (χ4v) is 3.36. The number of benzene rings is 3. The maximum absolute atomic E-state index is 14.5. The number of nitrogens with one attached hydrogen (secondary N) is 2. The summed E-state index contributed by atoms with van der Waals surface area (Å²) >= 11 is 0. The normalized spacial score (nSPS) is 11.6. The summed E-state index contributed by atoms with van der Waals surface area (Å²) in [6.07, 6.45) is 3.33. The van der Waals surface area contributed by atoms with E-state index in [1.807, 2.05) is 6.07 Å². The lowest BCUT2D eigenvalue weighted by Gasteiger charge is -2.20. The van der Waals surface area contributed by atoms with E-state index in [4.69, 9.17) is 0 Å². The van der Waals surface area contributed by atoms with Gasteiger partial charge in [-0.25, -0.2) is 9.37 Å². The van der Waals surface area contributed by atoms with Crippen LogP contribution in [0.25, 0.3) is 0 Å². The van der Waals surface area contributed by atoms with Gasteiger partial charge in [-0.15, -0.1) is 0 Å². The molecule has 4 rings (SSSR count). The van der Waals surface area contributed by atoms with Gasteiger partial charge in [0.1, 0.15) is 17.7 Å². The zero-order valence-corrected chi connectivity index (χ0v) is 17.3. The summed E-state index contributed by atoms with van der Waals surface area (Å²) < 4.78 is 16.2. The van der Waals surface area contributed by atoms with Crippen LogP contribution in [0.3, 0.4) is 0 Å². The van der Waals surface area contributed by atoms with E-state index in [0.717, 1.165) is 0 Å². The van der Waals surface area contributed by atoms with Crippen molar-refractivity contribution in [1.29, 1.82) is 0 Å². The number of anilines is 1. The molecule has 2 N–H and O–H groups in total. The van der Waals surface area contributed by atoms with Crippen molar-refractivity contribution in [3.63, 3.8) is 0 Å². The second-order valence-electron chi connectivity index (χ2n) is 7.22. The van der Waals surface area contributed by atoms with Gasteiger partial charge < -0.3 is 15.2 Å². The van der Waals surface area contributed by atoms with Gasteiger partial charge in [0, 0.05) is 41.8 Å². The summed E-state index contributed by atoms with van der Waals surface area (Å²) in [5.41, 5.74) is 1.79. The molecule has 0 radical (unpaired) electrons. The van der Waals surface area contributed by atoms with E-state index in [0.29, 0.717) is 28.2 Å². The second-order valence-corrected chi connectivity index (χ2v) is 7.22. The molecule has 6 nitrogen and oxygen atoms in total. The Hall–Kier alpha value is -4.26. The number of imidazole rings is 1. The van der Waals surface area contributed by atoms with Gasteiger partial charge >= 0.3 is 0 Å². The Bertz CT molecular complexity index is 1240. The van der Waals surface area contributed by atoms with E-state index in [1.165, 1.54) is 6.07 Å². The number of hydrogen-bond donors (Lipinski definition) is 2. The molecule has 0 spiro atoms. The standard InChI is InChI=1S/C25H21FN4O2/c1-30-16-15-27-23(30)22(20-9-5-6-10-21(20)26)29-25(32)18-11-13-19(14-12-18)28-24(31)17-7-3-2-4-8-17/h2-16,22H,1H3,(H,28,31)(H,29,32). The van der Waals surface area contributed by atoms with Crippen molar-refractivity contribution in [2.45, 2.75) is 6.04 Å². The van der Waals surface area contributed by atoms with Crippen LogP contribution in [-0.4, -0.2) is 21.4 Å². The summed E-state index contributed by atoms with van der Waals surface area (Å²) in [6, 6.07) is 20.9. The molecular formula is C25H21FN4O2. The van der Waals surface area contributed by atoms with Crippen molar-refractivity contribution in [2.75, 3.05) is 5.32 Å². The zero-order valence-electron chi connectivity index (χ0n) is 17.3. The molecule has 0 saturated heterocycles. The highest BCUT2D eigenvalue weighted by Gasteiger charge is 2.24. The van der Waals surface area contributed by atoms with Crippen LogP contribution in [0.4, 0.5) is 10.1 Å². The van der Waals surface area contributed by atoms with Crippen LogP contribution in [0, 0.1) is 5.82 Å². The summed E-state index contributed by atoms with van der Waals surface area (Å²) in [6.45, 7) is 0. The third kappa shape index (κ3) is 4.57. The minimum Gasteiger partial charge on any atom is -0.338 e. The van der Waals surface area contributed by atoms with Gasteiger partial charge in [0.2, 0.25) is 0 Å². The third-order valence-corrected chi connectivity index (χ3v) is 5.05. The molecule has 4 aromatic rings. The van der Waals surface area contributed by atoms with Crippen molar-refractivity contribution < 1.29 is 14.0 Å². The van der Waals surface area contributed by atoms with Crippen LogP contribution in [-0.2, 0) is 7.05 Å². The predicted octanol–water partition coefficient (Wildman–Crippen LogP) is 4.33. The van der Waals surface area contributed by atoms with Gasteiger partial charge in [0.25, 0.3) is 11.8 Å². The molecule has 32 heavy (non-hydrogen) atoms. The highest BCUT2D eigenvalue weighted by atomic mass is 19.1. The lowest BCUT2D eigenvalue weighted by atomic mass is 10.0. The number of nitrogens with zero attached hydrogens (tertiary/aromatic N) is 2. The van der Waals surface area contributed by atoms with Crippen molar-refractivity contribution >= 4 is 17.5 Å². The highest BCUT2D eigenvalue weighted by molar-refractivity contribution is 6.04. The maximum Gasteiger partial charge on any atom is 0.255 e. The largest absolute Gasteiger partial charge is 0.338 e. The summed E-state index contributed by atoms with van der Waals surface area (Å²) in [5.74, 6) is -0.547.